The Morgan fingerprint density at radius 3 is 2.35 bits per heavy atom. The summed E-state index contributed by atoms with van der Waals surface area (Å²) in [6, 6.07) is 0.0140. The molecule has 0 spiro atoms. The van der Waals surface area contributed by atoms with Crippen molar-refractivity contribution in [3.8, 4) is 0 Å². The molecule has 1 unspecified atom stereocenters. The third-order valence-corrected chi connectivity index (χ3v) is 7.41. The van der Waals surface area contributed by atoms with Crippen molar-refractivity contribution in [2.45, 2.75) is 103 Å². The third kappa shape index (κ3) is 7.68. The van der Waals surface area contributed by atoms with Crippen LogP contribution in [0.3, 0.4) is 0 Å². The fourth-order valence-electron chi connectivity index (χ4n) is 4.44. The molecule has 0 amide bonds. The van der Waals surface area contributed by atoms with Gasteiger partial charge in [-0.15, -0.1) is 0 Å². The van der Waals surface area contributed by atoms with Gasteiger partial charge in [-0.2, -0.15) is 0 Å². The van der Waals surface area contributed by atoms with Crippen LogP contribution in [0.4, 0.5) is 0 Å². The van der Waals surface area contributed by atoms with Gasteiger partial charge < -0.3 is 19.1 Å². The minimum atomic E-state index is -0.775. The summed E-state index contributed by atoms with van der Waals surface area (Å²) in [5.41, 5.74) is -1.17. The highest BCUT2D eigenvalue weighted by atomic mass is 31.1. The highest BCUT2D eigenvalue weighted by Gasteiger charge is 2.47. The molecule has 1 rings (SSSR count). The van der Waals surface area contributed by atoms with E-state index in [0.29, 0.717) is 12.3 Å². The maximum absolute atomic E-state index is 12.9. The minimum Gasteiger partial charge on any atom is -0.376 e. The quantitative estimate of drug-likeness (QED) is 0.303. The summed E-state index contributed by atoms with van der Waals surface area (Å²) in [7, 11) is 5.47. The molecular formula is C23H42NO6P. The molecule has 0 saturated carbocycles. The molecule has 8 atom stereocenters. The molecule has 0 aromatic carbocycles. The number of ether oxygens (including phenoxy) is 3. The summed E-state index contributed by atoms with van der Waals surface area (Å²) >= 11 is 0. The number of rotatable bonds is 13. The molecule has 1 aliphatic rings. The van der Waals surface area contributed by atoms with Gasteiger partial charge in [0.2, 0.25) is 0 Å². The first-order chi connectivity index (χ1) is 14.4. The highest BCUT2D eigenvalue weighted by molar-refractivity contribution is 7.24. The lowest BCUT2D eigenvalue weighted by atomic mass is 9.79. The number of hydrogen-bond acceptors (Lipinski definition) is 7. The first kappa shape index (κ1) is 28.3. The largest absolute Gasteiger partial charge is 0.376 e. The Morgan fingerprint density at radius 1 is 1.29 bits per heavy atom. The maximum atomic E-state index is 12.9. The molecule has 0 radical (unpaired) electrons. The van der Waals surface area contributed by atoms with Crippen LogP contribution >= 0.6 is 8.46 Å². The van der Waals surface area contributed by atoms with E-state index in [1.165, 1.54) is 6.92 Å². The second-order valence-corrected chi connectivity index (χ2v) is 10.4. The Morgan fingerprint density at radius 2 is 1.90 bits per heavy atom. The average molecular weight is 460 g/mol. The number of hydrogen-bond donors (Lipinski definition) is 0. The smallest absolute Gasteiger partial charge is 0.173 e. The fourth-order valence-corrected chi connectivity index (χ4v) is 5.21. The standard InChI is InChI=1S/C23H42NO6P/c1-10-14(2)13-23(6,28-9)21(17(5)19(26)11-15(3)25)30-22-20(31-27)18(24(7)8)12-16(4)29-22/h14,16-18,20-22H,10-13H2,1-9H3/t14-,16+,17-,18?,20+,21+,22-,23+/m0/s1. The van der Waals surface area contributed by atoms with Gasteiger partial charge in [0.15, 0.2) is 14.8 Å². The number of methoxy groups -OCH3 is 1. The van der Waals surface area contributed by atoms with Crippen molar-refractivity contribution in [3.63, 3.8) is 0 Å². The van der Waals surface area contributed by atoms with Gasteiger partial charge in [-0.1, -0.05) is 27.2 Å². The summed E-state index contributed by atoms with van der Waals surface area (Å²) in [6.07, 6.45) is 0.757. The number of carbonyl (C=O) groups excluding carboxylic acids is 2. The van der Waals surface area contributed by atoms with Crippen LogP contribution < -0.4 is 0 Å². The van der Waals surface area contributed by atoms with Crippen LogP contribution in [0, 0.1) is 11.8 Å². The number of nitrogens with zero attached hydrogens (tertiary/aromatic N) is 1. The zero-order chi connectivity index (χ0) is 23.9. The first-order valence-corrected chi connectivity index (χ1v) is 12.1. The summed E-state index contributed by atoms with van der Waals surface area (Å²) < 4.78 is 30.7. The van der Waals surface area contributed by atoms with Crippen molar-refractivity contribution in [3.05, 3.63) is 0 Å². The van der Waals surface area contributed by atoms with Crippen molar-refractivity contribution in [2.75, 3.05) is 21.2 Å². The van der Waals surface area contributed by atoms with Crippen LogP contribution in [0.5, 0.6) is 0 Å². The lowest BCUT2D eigenvalue weighted by Gasteiger charge is -2.46. The molecule has 0 aromatic heterocycles. The summed E-state index contributed by atoms with van der Waals surface area (Å²) in [4.78, 5) is 26.5. The first-order valence-electron chi connectivity index (χ1n) is 11.3. The Labute approximate surface area is 189 Å². The monoisotopic (exact) mass is 459 g/mol. The normalized spacial score (nSPS) is 29.4. The Bertz CT molecular complexity index is 615. The number of ketones is 2. The van der Waals surface area contributed by atoms with Gasteiger partial charge in [0.05, 0.1) is 24.2 Å². The molecule has 0 aliphatic carbocycles. The van der Waals surface area contributed by atoms with E-state index in [0.717, 1.165) is 12.8 Å². The van der Waals surface area contributed by atoms with E-state index in [1.54, 1.807) is 14.0 Å². The van der Waals surface area contributed by atoms with Gasteiger partial charge in [0, 0.05) is 19.1 Å². The van der Waals surface area contributed by atoms with E-state index in [4.69, 9.17) is 14.2 Å². The molecular weight excluding hydrogens is 417 g/mol. The van der Waals surface area contributed by atoms with Crippen molar-refractivity contribution in [1.82, 2.24) is 4.90 Å². The summed E-state index contributed by atoms with van der Waals surface area (Å²) in [5, 5.41) is 0. The molecule has 1 saturated heterocycles. The maximum Gasteiger partial charge on any atom is 0.173 e. The van der Waals surface area contributed by atoms with Gasteiger partial charge >= 0.3 is 0 Å². The topological polar surface area (TPSA) is 82.1 Å². The molecule has 31 heavy (non-hydrogen) atoms. The summed E-state index contributed by atoms with van der Waals surface area (Å²) in [6.45, 7) is 11.4. The van der Waals surface area contributed by atoms with Crippen LogP contribution in [0.2, 0.25) is 0 Å². The van der Waals surface area contributed by atoms with Crippen molar-refractivity contribution in [1.29, 1.82) is 0 Å². The zero-order valence-corrected chi connectivity index (χ0v) is 21.6. The molecule has 0 bridgehead atoms. The number of Topliss-reactive ketones (excluding diaryl/α,β-unsaturated/α-hetero) is 2. The molecule has 0 N–H and O–H groups in total. The second-order valence-electron chi connectivity index (χ2n) is 9.60. The third-order valence-electron chi connectivity index (χ3n) is 6.58. The number of carbonyl (C=O) groups is 2. The Hall–Kier alpha value is -0.720. The van der Waals surface area contributed by atoms with E-state index in [2.05, 4.69) is 13.8 Å². The molecule has 1 aliphatic heterocycles. The fraction of sp³-hybridized carbons (Fsp3) is 0.913. The van der Waals surface area contributed by atoms with Crippen molar-refractivity contribution in [2.24, 2.45) is 11.8 Å². The van der Waals surface area contributed by atoms with E-state index in [-0.39, 0.29) is 38.6 Å². The van der Waals surface area contributed by atoms with E-state index >= 15 is 0 Å². The van der Waals surface area contributed by atoms with Crippen LogP contribution in [0.25, 0.3) is 0 Å². The van der Waals surface area contributed by atoms with E-state index in [1.807, 2.05) is 32.8 Å². The van der Waals surface area contributed by atoms with Crippen LogP contribution in [-0.4, -0.2) is 73.5 Å². The van der Waals surface area contributed by atoms with Crippen LogP contribution in [0.1, 0.15) is 67.2 Å². The van der Waals surface area contributed by atoms with Gasteiger partial charge in [-0.05, 0) is 53.6 Å². The minimum absolute atomic E-state index is 0.0140. The highest BCUT2D eigenvalue weighted by Crippen LogP contribution is 2.38. The lowest BCUT2D eigenvalue weighted by molar-refractivity contribution is -0.260. The lowest BCUT2D eigenvalue weighted by Crippen LogP contribution is -2.57. The van der Waals surface area contributed by atoms with E-state index < -0.39 is 29.6 Å². The van der Waals surface area contributed by atoms with Gasteiger partial charge in [0.25, 0.3) is 0 Å². The average Bonchev–Trinajstić information content (AvgIpc) is 2.70. The summed E-state index contributed by atoms with van der Waals surface area (Å²) in [5.74, 6) is -0.599. The van der Waals surface area contributed by atoms with Gasteiger partial charge in [-0.3, -0.25) is 14.2 Å². The molecule has 8 heteroatoms. The van der Waals surface area contributed by atoms with E-state index in [9.17, 15) is 14.2 Å². The predicted octanol–water partition coefficient (Wildman–Crippen LogP) is 4.12. The van der Waals surface area contributed by atoms with Crippen LogP contribution in [0.15, 0.2) is 0 Å². The van der Waals surface area contributed by atoms with Crippen molar-refractivity contribution < 1.29 is 28.4 Å². The van der Waals surface area contributed by atoms with Crippen molar-refractivity contribution >= 4 is 20.0 Å². The Kier molecular flexibility index (Phi) is 11.4. The zero-order valence-electron chi connectivity index (χ0n) is 20.7. The second kappa shape index (κ2) is 12.5. The Balaban J connectivity index is 3.32. The van der Waals surface area contributed by atoms with Crippen LogP contribution in [-0.2, 0) is 28.4 Å². The molecule has 7 nitrogen and oxygen atoms in total. The van der Waals surface area contributed by atoms with Gasteiger partial charge in [0.1, 0.15) is 17.2 Å². The molecule has 1 fully saturated rings. The van der Waals surface area contributed by atoms with Gasteiger partial charge in [-0.25, -0.2) is 0 Å². The predicted molar refractivity (Wildman–Crippen MR) is 122 cm³/mol. The molecule has 1 heterocycles. The molecule has 0 aromatic rings. The SMILES string of the molecule is CC[C@H](C)C[C@@](C)(OC)[C@H](O[C@@H]1O[C@H](C)CC(N(C)C)[C@H]1P=O)[C@@H](C)C(=O)CC(C)=O. The molecule has 180 valence electrons.